The van der Waals surface area contributed by atoms with Crippen molar-refractivity contribution in [2.75, 3.05) is 44.2 Å². The van der Waals surface area contributed by atoms with Crippen LogP contribution in [-0.2, 0) is 11.2 Å². The molecular weight excluding hydrogens is 336 g/mol. The van der Waals surface area contributed by atoms with Crippen LogP contribution in [0.25, 0.3) is 0 Å². The molecule has 0 unspecified atom stereocenters. The van der Waals surface area contributed by atoms with E-state index in [2.05, 4.69) is 64.4 Å². The number of rotatable bonds is 6. The zero-order valence-corrected chi connectivity index (χ0v) is 16.0. The molecule has 4 nitrogen and oxygen atoms in total. The second-order valence-electron chi connectivity index (χ2n) is 7.69. The molecule has 1 aliphatic heterocycles. The van der Waals surface area contributed by atoms with E-state index < -0.39 is 6.10 Å². The SMILES string of the molecule is O[C@H](CO[C@H]1CCCc2ccccc21)CN1CCN(c2ccccc2)CC1. The van der Waals surface area contributed by atoms with E-state index in [1.165, 1.54) is 23.2 Å². The van der Waals surface area contributed by atoms with Gasteiger partial charge in [0.25, 0.3) is 0 Å². The summed E-state index contributed by atoms with van der Waals surface area (Å²) in [5.74, 6) is 0. The Kier molecular flexibility index (Phi) is 6.07. The third-order valence-corrected chi connectivity index (χ3v) is 5.77. The van der Waals surface area contributed by atoms with Crippen LogP contribution in [0.15, 0.2) is 54.6 Å². The van der Waals surface area contributed by atoms with E-state index in [0.717, 1.165) is 39.0 Å². The molecule has 2 aliphatic rings. The average Bonchev–Trinajstić information content (AvgIpc) is 2.73. The van der Waals surface area contributed by atoms with Crippen LogP contribution in [0, 0.1) is 0 Å². The van der Waals surface area contributed by atoms with Gasteiger partial charge >= 0.3 is 0 Å². The molecule has 1 fully saturated rings. The molecule has 2 aromatic rings. The van der Waals surface area contributed by atoms with Crippen LogP contribution in [0.1, 0.15) is 30.1 Å². The lowest BCUT2D eigenvalue weighted by Crippen LogP contribution is -2.49. The monoisotopic (exact) mass is 366 g/mol. The highest BCUT2D eigenvalue weighted by Crippen LogP contribution is 2.32. The first-order valence-electron chi connectivity index (χ1n) is 10.2. The maximum Gasteiger partial charge on any atom is 0.0900 e. The van der Waals surface area contributed by atoms with Gasteiger partial charge in [0, 0.05) is 38.4 Å². The predicted molar refractivity (Wildman–Crippen MR) is 109 cm³/mol. The van der Waals surface area contributed by atoms with Gasteiger partial charge < -0.3 is 14.7 Å². The van der Waals surface area contributed by atoms with Crippen molar-refractivity contribution >= 4 is 5.69 Å². The van der Waals surface area contributed by atoms with Crippen molar-refractivity contribution < 1.29 is 9.84 Å². The second-order valence-corrected chi connectivity index (χ2v) is 7.69. The minimum absolute atomic E-state index is 0.138. The normalized spacial score (nSPS) is 21.7. The van der Waals surface area contributed by atoms with Crippen LogP contribution in [0.3, 0.4) is 0 Å². The fourth-order valence-electron chi connectivity index (χ4n) is 4.29. The number of β-amino-alcohol motifs (C(OH)–C–C–N with tert-alkyl or cyclic N) is 1. The van der Waals surface area contributed by atoms with E-state index in [1.807, 2.05) is 0 Å². The summed E-state index contributed by atoms with van der Waals surface area (Å²) in [4.78, 5) is 4.76. The maximum atomic E-state index is 10.5. The summed E-state index contributed by atoms with van der Waals surface area (Å²) >= 11 is 0. The second kappa shape index (κ2) is 8.87. The number of nitrogens with zero attached hydrogens (tertiary/aromatic N) is 2. The van der Waals surface area contributed by atoms with Gasteiger partial charge in [-0.25, -0.2) is 0 Å². The number of fused-ring (bicyclic) bond motifs is 1. The first kappa shape index (κ1) is 18.5. The number of benzene rings is 2. The number of piperazine rings is 1. The number of aliphatic hydroxyl groups is 1. The molecule has 0 bridgehead atoms. The van der Waals surface area contributed by atoms with Crippen molar-refractivity contribution in [2.24, 2.45) is 0 Å². The van der Waals surface area contributed by atoms with Gasteiger partial charge in [-0.2, -0.15) is 0 Å². The molecule has 0 spiro atoms. The smallest absolute Gasteiger partial charge is 0.0900 e. The van der Waals surface area contributed by atoms with Crippen molar-refractivity contribution in [2.45, 2.75) is 31.5 Å². The van der Waals surface area contributed by atoms with Gasteiger partial charge in [0.2, 0.25) is 0 Å². The van der Waals surface area contributed by atoms with Crippen LogP contribution < -0.4 is 4.90 Å². The van der Waals surface area contributed by atoms with E-state index >= 15 is 0 Å². The molecule has 0 aromatic heterocycles. The Labute approximate surface area is 162 Å². The summed E-state index contributed by atoms with van der Waals surface area (Å²) in [6.45, 7) is 5.09. The molecule has 4 heteroatoms. The molecule has 1 heterocycles. The molecule has 0 radical (unpaired) electrons. The Bertz CT molecular complexity index is 713. The Hall–Kier alpha value is -1.88. The standard InChI is InChI=1S/C23H30N2O2/c26-21(18-27-23-12-6-8-19-7-4-5-11-22(19)23)17-24-13-15-25(16-14-24)20-9-2-1-3-10-20/h1-5,7,9-11,21,23,26H,6,8,12-18H2/t21-,23-/m0/s1. The van der Waals surface area contributed by atoms with Gasteiger partial charge in [0.05, 0.1) is 18.8 Å². The largest absolute Gasteiger partial charge is 0.389 e. The van der Waals surface area contributed by atoms with E-state index in [-0.39, 0.29) is 6.10 Å². The molecule has 2 atom stereocenters. The quantitative estimate of drug-likeness (QED) is 0.851. The first-order chi connectivity index (χ1) is 13.3. The summed E-state index contributed by atoms with van der Waals surface area (Å²) in [5, 5.41) is 10.5. The average molecular weight is 367 g/mol. The molecule has 144 valence electrons. The summed E-state index contributed by atoms with van der Waals surface area (Å²) < 4.78 is 6.12. The van der Waals surface area contributed by atoms with E-state index in [0.29, 0.717) is 13.2 Å². The van der Waals surface area contributed by atoms with Gasteiger partial charge in [0.15, 0.2) is 0 Å². The number of aliphatic hydroxyl groups excluding tert-OH is 1. The van der Waals surface area contributed by atoms with Gasteiger partial charge in [-0.05, 0) is 42.5 Å². The number of aryl methyl sites for hydroxylation is 1. The molecular formula is C23H30N2O2. The maximum absolute atomic E-state index is 10.5. The Morgan fingerprint density at radius 2 is 1.70 bits per heavy atom. The number of ether oxygens (including phenoxy) is 1. The third-order valence-electron chi connectivity index (χ3n) is 5.77. The van der Waals surface area contributed by atoms with Crippen LogP contribution in [0.4, 0.5) is 5.69 Å². The van der Waals surface area contributed by atoms with Gasteiger partial charge in [0.1, 0.15) is 0 Å². The van der Waals surface area contributed by atoms with Gasteiger partial charge in [-0.3, -0.25) is 4.90 Å². The van der Waals surface area contributed by atoms with Crippen molar-refractivity contribution in [3.8, 4) is 0 Å². The lowest BCUT2D eigenvalue weighted by molar-refractivity contribution is -0.0285. The summed E-state index contributed by atoms with van der Waals surface area (Å²) in [5.41, 5.74) is 4.00. The molecule has 27 heavy (non-hydrogen) atoms. The molecule has 2 aromatic carbocycles. The Morgan fingerprint density at radius 3 is 2.52 bits per heavy atom. The number of hydrogen-bond donors (Lipinski definition) is 1. The summed E-state index contributed by atoms with van der Waals surface area (Å²) in [6, 6.07) is 19.1. The topological polar surface area (TPSA) is 35.9 Å². The minimum Gasteiger partial charge on any atom is -0.389 e. The molecule has 1 saturated heterocycles. The molecule has 4 rings (SSSR count). The number of hydrogen-bond acceptors (Lipinski definition) is 4. The van der Waals surface area contributed by atoms with E-state index in [9.17, 15) is 5.11 Å². The molecule has 1 N–H and O–H groups in total. The number of para-hydroxylation sites is 1. The Balaban J connectivity index is 1.22. The van der Waals surface area contributed by atoms with E-state index in [4.69, 9.17) is 4.74 Å². The zero-order valence-electron chi connectivity index (χ0n) is 16.0. The Morgan fingerprint density at radius 1 is 0.963 bits per heavy atom. The number of anilines is 1. The first-order valence-corrected chi connectivity index (χ1v) is 10.2. The van der Waals surface area contributed by atoms with Crippen molar-refractivity contribution in [1.82, 2.24) is 4.90 Å². The van der Waals surface area contributed by atoms with Gasteiger partial charge in [-0.1, -0.05) is 42.5 Å². The summed E-state index contributed by atoms with van der Waals surface area (Å²) in [7, 11) is 0. The van der Waals surface area contributed by atoms with Crippen LogP contribution in [0.5, 0.6) is 0 Å². The zero-order chi connectivity index (χ0) is 18.5. The van der Waals surface area contributed by atoms with Crippen molar-refractivity contribution in [3.63, 3.8) is 0 Å². The fourth-order valence-corrected chi connectivity index (χ4v) is 4.29. The molecule has 0 saturated carbocycles. The highest BCUT2D eigenvalue weighted by molar-refractivity contribution is 5.46. The van der Waals surface area contributed by atoms with E-state index in [1.54, 1.807) is 0 Å². The van der Waals surface area contributed by atoms with Crippen molar-refractivity contribution in [3.05, 3.63) is 65.7 Å². The summed E-state index contributed by atoms with van der Waals surface area (Å²) in [6.07, 6.45) is 3.07. The highest BCUT2D eigenvalue weighted by Gasteiger charge is 2.23. The minimum atomic E-state index is -0.428. The van der Waals surface area contributed by atoms with Crippen LogP contribution in [-0.4, -0.2) is 55.4 Å². The van der Waals surface area contributed by atoms with Gasteiger partial charge in [-0.15, -0.1) is 0 Å². The van der Waals surface area contributed by atoms with Crippen LogP contribution in [0.2, 0.25) is 0 Å². The lowest BCUT2D eigenvalue weighted by atomic mass is 9.89. The fraction of sp³-hybridized carbons (Fsp3) is 0.478. The highest BCUT2D eigenvalue weighted by atomic mass is 16.5. The molecule has 0 amide bonds. The third kappa shape index (κ3) is 4.70. The predicted octanol–water partition coefficient (Wildman–Crippen LogP) is 3.26. The molecule has 1 aliphatic carbocycles. The van der Waals surface area contributed by atoms with Crippen molar-refractivity contribution in [1.29, 1.82) is 0 Å². The lowest BCUT2D eigenvalue weighted by Gasteiger charge is -2.37. The van der Waals surface area contributed by atoms with Crippen LogP contribution >= 0.6 is 0 Å².